The Hall–Kier alpha value is -1.91. The van der Waals surface area contributed by atoms with Gasteiger partial charge >= 0.3 is 0 Å². The molecule has 2 aliphatic rings. The van der Waals surface area contributed by atoms with Crippen LogP contribution in [-0.4, -0.2) is 47.7 Å². The number of benzene rings is 2. The van der Waals surface area contributed by atoms with Crippen molar-refractivity contribution in [3.8, 4) is 0 Å². The molecule has 9 heteroatoms. The van der Waals surface area contributed by atoms with E-state index < -0.39 is 38.0 Å². The van der Waals surface area contributed by atoms with Crippen LogP contribution in [0.25, 0.3) is 0 Å². The van der Waals surface area contributed by atoms with E-state index in [1.165, 1.54) is 0 Å². The van der Waals surface area contributed by atoms with Crippen molar-refractivity contribution >= 4 is 20.2 Å². The molecule has 148 valence electrons. The largest absolute Gasteiger partial charge is 0.358 e. The Morgan fingerprint density at radius 1 is 0.964 bits per heavy atom. The first-order chi connectivity index (χ1) is 13.1. The van der Waals surface area contributed by atoms with Crippen LogP contribution in [0, 0.1) is 5.92 Å². The standard InChI is InChI=1S/C19H19O7S2/c1-27(20,21)25-16-12-24-18-15-11-7-6-10-14(15)17(13-8-4-3-5-9-13)19(16,18)26-28(2,22)23/h3-11,16,18H,12H2,1-2H3/q+1/t16-,18+,19+/m0/s1. The van der Waals surface area contributed by atoms with E-state index in [2.05, 4.69) is 0 Å². The summed E-state index contributed by atoms with van der Waals surface area (Å²) < 4.78 is 65.1. The van der Waals surface area contributed by atoms with Crippen LogP contribution in [0.4, 0.5) is 0 Å². The number of rotatable bonds is 5. The second kappa shape index (κ2) is 6.57. The molecule has 0 saturated carbocycles. The van der Waals surface area contributed by atoms with Crippen LogP contribution in [0.5, 0.6) is 0 Å². The lowest BCUT2D eigenvalue weighted by Crippen LogP contribution is -2.51. The predicted molar refractivity (Wildman–Crippen MR) is 101 cm³/mol. The molecule has 0 N–H and O–H groups in total. The lowest BCUT2D eigenvalue weighted by molar-refractivity contribution is -0.0160. The lowest BCUT2D eigenvalue weighted by atomic mass is 9.79. The highest BCUT2D eigenvalue weighted by molar-refractivity contribution is 7.86. The third-order valence-corrected chi connectivity index (χ3v) is 5.99. The summed E-state index contributed by atoms with van der Waals surface area (Å²) in [6.45, 7) is -0.127. The summed E-state index contributed by atoms with van der Waals surface area (Å²) in [5, 5.41) is 0. The zero-order valence-corrected chi connectivity index (χ0v) is 16.9. The van der Waals surface area contributed by atoms with Crippen molar-refractivity contribution < 1.29 is 29.9 Å². The minimum Gasteiger partial charge on any atom is -0.358 e. The van der Waals surface area contributed by atoms with Gasteiger partial charge in [0.25, 0.3) is 20.2 Å². The smallest absolute Gasteiger partial charge is 0.266 e. The highest BCUT2D eigenvalue weighted by atomic mass is 32.2. The maximum atomic E-state index is 12.3. The summed E-state index contributed by atoms with van der Waals surface area (Å²) in [7, 11) is -7.89. The van der Waals surface area contributed by atoms with Gasteiger partial charge in [-0.1, -0.05) is 0 Å². The first-order valence-corrected chi connectivity index (χ1v) is 12.2. The first kappa shape index (κ1) is 19.4. The third kappa shape index (κ3) is 3.23. The van der Waals surface area contributed by atoms with Gasteiger partial charge in [-0.05, 0) is 36.4 Å². The van der Waals surface area contributed by atoms with Crippen molar-refractivity contribution in [1.82, 2.24) is 0 Å². The molecule has 0 radical (unpaired) electrons. The van der Waals surface area contributed by atoms with Crippen LogP contribution in [0.1, 0.15) is 22.8 Å². The molecule has 0 amide bonds. The number of hydrogen-bond donors (Lipinski definition) is 0. The highest BCUT2D eigenvalue weighted by Crippen LogP contribution is 2.60. The van der Waals surface area contributed by atoms with E-state index in [0.29, 0.717) is 11.5 Å². The zero-order valence-electron chi connectivity index (χ0n) is 15.2. The molecular weight excluding hydrogens is 404 g/mol. The van der Waals surface area contributed by atoms with E-state index >= 15 is 0 Å². The van der Waals surface area contributed by atoms with Gasteiger partial charge in [0.05, 0.1) is 41.7 Å². The summed E-state index contributed by atoms with van der Waals surface area (Å²) in [6, 6.07) is 16.4. The lowest BCUT2D eigenvalue weighted by Gasteiger charge is -2.33. The minimum atomic E-state index is -3.99. The van der Waals surface area contributed by atoms with Crippen LogP contribution in [-0.2, 0) is 33.3 Å². The van der Waals surface area contributed by atoms with Gasteiger partial charge in [0.2, 0.25) is 5.60 Å². The summed E-state index contributed by atoms with van der Waals surface area (Å²) >= 11 is 0. The fraction of sp³-hybridized carbons (Fsp3) is 0.316. The average Bonchev–Trinajstić information content (AvgIpc) is 3.05. The van der Waals surface area contributed by atoms with E-state index in [1.54, 1.807) is 0 Å². The molecule has 0 spiro atoms. The molecule has 2 aromatic carbocycles. The fourth-order valence-electron chi connectivity index (χ4n) is 4.06. The highest BCUT2D eigenvalue weighted by Gasteiger charge is 2.70. The maximum Gasteiger partial charge on any atom is 0.266 e. The molecule has 1 aliphatic heterocycles. The Labute approximate surface area is 164 Å². The van der Waals surface area contributed by atoms with Gasteiger partial charge < -0.3 is 4.74 Å². The van der Waals surface area contributed by atoms with Crippen molar-refractivity contribution in [2.45, 2.75) is 17.8 Å². The normalized spacial score (nSPS) is 26.9. The van der Waals surface area contributed by atoms with Crippen molar-refractivity contribution in [3.05, 3.63) is 77.2 Å². The van der Waals surface area contributed by atoms with Crippen LogP contribution >= 0.6 is 0 Å². The SMILES string of the molecule is CS(=O)(=O)O[C@H]1CO[C@@H]2c3ccccc3[C+](c3ccccc3)[C@]12OS(C)(=O)=O. The minimum absolute atomic E-state index is 0.127. The zero-order chi connectivity index (χ0) is 20.2. The summed E-state index contributed by atoms with van der Waals surface area (Å²) in [4.78, 5) is 0. The summed E-state index contributed by atoms with van der Waals surface area (Å²) in [5.74, 6) is 0.533. The molecule has 1 saturated heterocycles. The van der Waals surface area contributed by atoms with E-state index in [1.807, 2.05) is 54.6 Å². The topological polar surface area (TPSA) is 96.0 Å². The first-order valence-electron chi connectivity index (χ1n) is 8.54. The Morgan fingerprint density at radius 2 is 1.61 bits per heavy atom. The third-order valence-electron chi connectivity index (χ3n) is 4.83. The summed E-state index contributed by atoms with van der Waals surface area (Å²) in [6.07, 6.45) is -0.135. The van der Waals surface area contributed by atoms with Gasteiger partial charge in [0, 0.05) is 18.2 Å². The fourth-order valence-corrected chi connectivity index (χ4v) is 5.46. The van der Waals surface area contributed by atoms with Crippen molar-refractivity contribution in [1.29, 1.82) is 0 Å². The number of hydrogen-bond acceptors (Lipinski definition) is 7. The number of fused-ring (bicyclic) bond motifs is 3. The summed E-state index contributed by atoms with van der Waals surface area (Å²) in [5.41, 5.74) is 0.518. The quantitative estimate of drug-likeness (QED) is 0.534. The molecule has 3 atom stereocenters. The molecule has 1 fully saturated rings. The molecule has 7 nitrogen and oxygen atoms in total. The molecular formula is C19H19O7S2+. The van der Waals surface area contributed by atoms with Crippen LogP contribution < -0.4 is 0 Å². The number of ether oxygens (including phenoxy) is 1. The molecule has 0 aromatic heterocycles. The molecule has 1 heterocycles. The molecule has 0 unspecified atom stereocenters. The second-order valence-electron chi connectivity index (χ2n) is 6.91. The second-order valence-corrected chi connectivity index (χ2v) is 10.1. The van der Waals surface area contributed by atoms with Crippen molar-refractivity contribution in [3.63, 3.8) is 0 Å². The molecule has 28 heavy (non-hydrogen) atoms. The van der Waals surface area contributed by atoms with Crippen LogP contribution in [0.3, 0.4) is 0 Å². The van der Waals surface area contributed by atoms with Crippen molar-refractivity contribution in [2.24, 2.45) is 0 Å². The van der Waals surface area contributed by atoms with Gasteiger partial charge in [-0.2, -0.15) is 16.8 Å². The van der Waals surface area contributed by atoms with Crippen LogP contribution in [0.15, 0.2) is 54.6 Å². The van der Waals surface area contributed by atoms with Gasteiger partial charge in [-0.15, -0.1) is 0 Å². The average molecular weight is 423 g/mol. The Kier molecular flexibility index (Phi) is 4.55. The van der Waals surface area contributed by atoms with Gasteiger partial charge in [-0.25, -0.2) is 4.18 Å². The Bertz CT molecular complexity index is 1100. The maximum absolute atomic E-state index is 12.3. The molecule has 0 bridgehead atoms. The van der Waals surface area contributed by atoms with Gasteiger partial charge in [0.1, 0.15) is 6.10 Å². The molecule has 4 rings (SSSR count). The van der Waals surface area contributed by atoms with E-state index in [4.69, 9.17) is 13.1 Å². The molecule has 1 aliphatic carbocycles. The Morgan fingerprint density at radius 3 is 2.25 bits per heavy atom. The predicted octanol–water partition coefficient (Wildman–Crippen LogP) is 1.80. The monoisotopic (exact) mass is 423 g/mol. The van der Waals surface area contributed by atoms with Crippen molar-refractivity contribution in [2.75, 3.05) is 19.1 Å². The van der Waals surface area contributed by atoms with E-state index in [0.717, 1.165) is 23.6 Å². The van der Waals surface area contributed by atoms with E-state index in [9.17, 15) is 16.8 Å². The Balaban J connectivity index is 1.98. The van der Waals surface area contributed by atoms with E-state index in [-0.39, 0.29) is 6.61 Å². The van der Waals surface area contributed by atoms with Gasteiger partial charge in [0.15, 0.2) is 6.10 Å². The molecule has 2 aromatic rings. The van der Waals surface area contributed by atoms with Gasteiger partial charge in [-0.3, -0.25) is 4.18 Å². The van der Waals surface area contributed by atoms with Crippen LogP contribution in [0.2, 0.25) is 0 Å².